The molecule has 1 N–H and O–H groups in total. The molecule has 0 unspecified atom stereocenters. The van der Waals surface area contributed by atoms with E-state index in [0.29, 0.717) is 25.5 Å². The van der Waals surface area contributed by atoms with Crippen molar-refractivity contribution in [1.82, 2.24) is 4.90 Å². The topological polar surface area (TPSA) is 63.9 Å². The first kappa shape index (κ1) is 18.1. The van der Waals surface area contributed by atoms with Gasteiger partial charge in [0.1, 0.15) is 19.0 Å². The van der Waals surface area contributed by atoms with E-state index in [2.05, 4.69) is 5.32 Å². The fraction of sp³-hybridized carbons (Fsp3) is 0.450. The third-order valence-electron chi connectivity index (χ3n) is 4.78. The average Bonchev–Trinajstić information content (AvgIpc) is 3.16. The molecule has 3 heterocycles. The fourth-order valence-corrected chi connectivity index (χ4v) is 3.96. The summed E-state index contributed by atoms with van der Waals surface area (Å²) in [5.41, 5.74) is 0.985. The Kier molecular flexibility index (Phi) is 5.48. The molecule has 1 amide bonds. The van der Waals surface area contributed by atoms with E-state index in [0.717, 1.165) is 48.1 Å². The van der Waals surface area contributed by atoms with E-state index in [-0.39, 0.29) is 11.9 Å². The van der Waals surface area contributed by atoms with Gasteiger partial charge in [0.2, 0.25) is 0 Å². The number of furan rings is 1. The highest BCUT2D eigenvalue weighted by Crippen LogP contribution is 2.33. The van der Waals surface area contributed by atoms with E-state index >= 15 is 0 Å². The first-order chi connectivity index (χ1) is 13.2. The van der Waals surface area contributed by atoms with Crippen LogP contribution in [0, 0.1) is 0 Å². The van der Waals surface area contributed by atoms with Gasteiger partial charge in [-0.1, -0.05) is 0 Å². The molecule has 0 spiro atoms. The Balaban J connectivity index is 1.39. The first-order valence-electron chi connectivity index (χ1n) is 9.26. The number of nitrogens with one attached hydrogen (secondary N) is 1. The van der Waals surface area contributed by atoms with Crippen LogP contribution in [0.2, 0.25) is 0 Å². The van der Waals surface area contributed by atoms with Crippen molar-refractivity contribution >= 4 is 23.4 Å². The summed E-state index contributed by atoms with van der Waals surface area (Å²) in [7, 11) is 0. The number of carbonyl (C=O) groups excluding carboxylic acids is 1. The summed E-state index contributed by atoms with van der Waals surface area (Å²) in [5.74, 6) is 3.57. The summed E-state index contributed by atoms with van der Waals surface area (Å²) in [6.07, 6.45) is 4.00. The lowest BCUT2D eigenvalue weighted by atomic mass is 10.0. The second-order valence-corrected chi connectivity index (χ2v) is 7.66. The fourth-order valence-electron chi connectivity index (χ4n) is 3.52. The lowest BCUT2D eigenvalue weighted by Crippen LogP contribution is -2.45. The van der Waals surface area contributed by atoms with E-state index < -0.39 is 0 Å². The quantitative estimate of drug-likeness (QED) is 0.844. The number of ether oxygens (including phenoxy) is 2. The molecule has 6 nitrogen and oxygen atoms in total. The van der Waals surface area contributed by atoms with Crippen LogP contribution in [0.4, 0.5) is 5.69 Å². The molecule has 2 aliphatic rings. The SMILES string of the molecule is CSCc1ccc(C(=O)N2CCC[C@H](Nc3ccc4c(c3)OCCO4)C2)o1. The predicted molar refractivity (Wildman–Crippen MR) is 106 cm³/mol. The highest BCUT2D eigenvalue weighted by molar-refractivity contribution is 7.97. The number of amides is 1. The van der Waals surface area contributed by atoms with Crippen LogP contribution in [0.5, 0.6) is 11.5 Å². The van der Waals surface area contributed by atoms with Gasteiger partial charge in [-0.2, -0.15) is 11.8 Å². The molecule has 27 heavy (non-hydrogen) atoms. The largest absolute Gasteiger partial charge is 0.486 e. The van der Waals surface area contributed by atoms with Gasteiger partial charge in [-0.25, -0.2) is 0 Å². The van der Waals surface area contributed by atoms with Crippen molar-refractivity contribution in [3.8, 4) is 11.5 Å². The summed E-state index contributed by atoms with van der Waals surface area (Å²) in [6.45, 7) is 2.58. The van der Waals surface area contributed by atoms with Crippen LogP contribution in [-0.4, -0.2) is 49.4 Å². The van der Waals surface area contributed by atoms with Gasteiger partial charge in [0.25, 0.3) is 5.91 Å². The van der Waals surface area contributed by atoms with Gasteiger partial charge in [0.05, 0.1) is 5.75 Å². The van der Waals surface area contributed by atoms with E-state index in [1.54, 1.807) is 17.8 Å². The van der Waals surface area contributed by atoms with Crippen molar-refractivity contribution < 1.29 is 18.7 Å². The molecule has 2 aromatic rings. The second kappa shape index (κ2) is 8.17. The summed E-state index contributed by atoms with van der Waals surface area (Å²) in [5, 5.41) is 3.53. The summed E-state index contributed by atoms with van der Waals surface area (Å²) >= 11 is 1.68. The molecule has 0 radical (unpaired) electrons. The van der Waals surface area contributed by atoms with Crippen molar-refractivity contribution in [2.45, 2.75) is 24.6 Å². The molecule has 1 atom stereocenters. The van der Waals surface area contributed by atoms with Crippen LogP contribution >= 0.6 is 11.8 Å². The molecule has 0 aliphatic carbocycles. The molecule has 0 saturated carbocycles. The molecular weight excluding hydrogens is 364 g/mol. The van der Waals surface area contributed by atoms with Gasteiger partial charge >= 0.3 is 0 Å². The molecular formula is C20H24N2O4S. The lowest BCUT2D eigenvalue weighted by Gasteiger charge is -2.33. The minimum Gasteiger partial charge on any atom is -0.486 e. The smallest absolute Gasteiger partial charge is 0.289 e. The lowest BCUT2D eigenvalue weighted by molar-refractivity contribution is 0.0681. The zero-order valence-corrected chi connectivity index (χ0v) is 16.2. The number of benzene rings is 1. The summed E-state index contributed by atoms with van der Waals surface area (Å²) in [4.78, 5) is 14.6. The van der Waals surface area contributed by atoms with Crippen LogP contribution in [0.3, 0.4) is 0 Å². The maximum Gasteiger partial charge on any atom is 0.289 e. The molecule has 1 aromatic carbocycles. The number of rotatable bonds is 5. The normalized spacial score (nSPS) is 19.0. The van der Waals surface area contributed by atoms with Gasteiger partial charge < -0.3 is 24.1 Å². The molecule has 0 bridgehead atoms. The number of piperidine rings is 1. The second-order valence-electron chi connectivity index (χ2n) is 6.79. The van der Waals surface area contributed by atoms with Gasteiger partial charge in [-0.05, 0) is 43.4 Å². The van der Waals surface area contributed by atoms with Crippen LogP contribution in [0.25, 0.3) is 0 Å². The maximum absolute atomic E-state index is 12.8. The maximum atomic E-state index is 12.8. The Hall–Kier alpha value is -2.28. The van der Waals surface area contributed by atoms with Crippen LogP contribution < -0.4 is 14.8 Å². The van der Waals surface area contributed by atoms with Gasteiger partial charge in [-0.15, -0.1) is 0 Å². The number of likely N-dealkylation sites (tertiary alicyclic amines) is 1. The number of anilines is 1. The van der Waals surface area contributed by atoms with Crippen molar-refractivity contribution in [2.24, 2.45) is 0 Å². The third-order valence-corrected chi connectivity index (χ3v) is 5.35. The average molecular weight is 388 g/mol. The molecule has 1 aromatic heterocycles. The van der Waals surface area contributed by atoms with Crippen LogP contribution in [-0.2, 0) is 5.75 Å². The van der Waals surface area contributed by atoms with E-state index in [1.807, 2.05) is 35.4 Å². The predicted octanol–water partition coefficient (Wildman–Crippen LogP) is 3.63. The van der Waals surface area contributed by atoms with Gasteiger partial charge in [0, 0.05) is 30.9 Å². The number of fused-ring (bicyclic) bond motifs is 1. The van der Waals surface area contributed by atoms with Crippen LogP contribution in [0.1, 0.15) is 29.2 Å². The standard InChI is InChI=1S/C20H24N2O4S/c1-27-13-16-5-7-18(26-16)20(23)22-8-2-3-15(12-22)21-14-4-6-17-19(11-14)25-10-9-24-17/h4-7,11,15,21H,2-3,8-10,12-13H2,1H3/t15-/m0/s1. The van der Waals surface area contributed by atoms with Crippen molar-refractivity contribution in [3.63, 3.8) is 0 Å². The van der Waals surface area contributed by atoms with Crippen LogP contribution in [0.15, 0.2) is 34.7 Å². The van der Waals surface area contributed by atoms with Crippen molar-refractivity contribution in [1.29, 1.82) is 0 Å². The Labute approximate surface area is 163 Å². The van der Waals surface area contributed by atoms with E-state index in [4.69, 9.17) is 13.9 Å². The van der Waals surface area contributed by atoms with Gasteiger partial charge in [-0.3, -0.25) is 4.79 Å². The third kappa shape index (κ3) is 4.18. The number of thioether (sulfide) groups is 1. The van der Waals surface area contributed by atoms with Crippen molar-refractivity contribution in [3.05, 3.63) is 41.9 Å². The number of hydrogen-bond donors (Lipinski definition) is 1. The Morgan fingerprint density at radius 3 is 2.93 bits per heavy atom. The number of carbonyl (C=O) groups is 1. The van der Waals surface area contributed by atoms with E-state index in [9.17, 15) is 4.79 Å². The minimum absolute atomic E-state index is 0.0315. The molecule has 1 fully saturated rings. The first-order valence-corrected chi connectivity index (χ1v) is 10.7. The van der Waals surface area contributed by atoms with Gasteiger partial charge in [0.15, 0.2) is 17.3 Å². The summed E-state index contributed by atoms with van der Waals surface area (Å²) in [6, 6.07) is 9.76. The molecule has 2 aliphatic heterocycles. The zero-order valence-electron chi connectivity index (χ0n) is 15.4. The molecule has 144 valence electrons. The number of hydrogen-bond acceptors (Lipinski definition) is 6. The Morgan fingerprint density at radius 2 is 2.07 bits per heavy atom. The zero-order chi connectivity index (χ0) is 18.6. The molecule has 1 saturated heterocycles. The molecule has 4 rings (SSSR count). The number of nitrogens with zero attached hydrogens (tertiary/aromatic N) is 1. The Morgan fingerprint density at radius 1 is 1.22 bits per heavy atom. The highest BCUT2D eigenvalue weighted by Gasteiger charge is 2.26. The Bertz CT molecular complexity index is 807. The molecule has 7 heteroatoms. The minimum atomic E-state index is -0.0315. The highest BCUT2D eigenvalue weighted by atomic mass is 32.2. The van der Waals surface area contributed by atoms with E-state index in [1.165, 1.54) is 0 Å². The summed E-state index contributed by atoms with van der Waals surface area (Å²) < 4.78 is 16.9. The van der Waals surface area contributed by atoms with Crippen molar-refractivity contribution in [2.75, 3.05) is 37.9 Å². The monoisotopic (exact) mass is 388 g/mol.